The molecule has 0 aromatic carbocycles. The van der Waals surface area contributed by atoms with Gasteiger partial charge in [0.1, 0.15) is 0 Å². The molecule has 0 aliphatic heterocycles. The molecule has 3 nitrogen and oxygen atoms in total. The number of halogens is 2. The van der Waals surface area contributed by atoms with Gasteiger partial charge in [0.2, 0.25) is 0 Å². The maximum atomic E-state index is 10.9. The highest BCUT2D eigenvalue weighted by Gasteiger charge is 2.16. The second kappa shape index (κ2) is 11.2. The monoisotopic (exact) mass is 345 g/mol. The molecule has 0 radical (unpaired) electrons. The molecule has 0 fully saturated rings. The Morgan fingerprint density at radius 1 is 1.00 bits per heavy atom. The molecule has 0 spiro atoms. The van der Waals surface area contributed by atoms with Crippen LogP contribution in [0.2, 0.25) is 0 Å². The van der Waals surface area contributed by atoms with E-state index in [4.69, 9.17) is 9.05 Å². The molecule has 0 aliphatic carbocycles. The van der Waals surface area contributed by atoms with Crippen molar-refractivity contribution in [1.82, 2.24) is 0 Å². The fourth-order valence-corrected chi connectivity index (χ4v) is 1.42. The molecule has 0 rings (SSSR count). The summed E-state index contributed by atoms with van der Waals surface area (Å²) in [4.78, 5) is 0. The zero-order chi connectivity index (χ0) is 10.6. The molecule has 80 valence electrons. The van der Waals surface area contributed by atoms with Crippen molar-refractivity contribution in [2.45, 2.75) is 12.8 Å². The smallest absolute Gasteiger partial charge is 0.231 e. The topological polar surface area (TPSA) is 35.5 Å². The minimum absolute atomic E-state index is 0.836. The summed E-state index contributed by atoms with van der Waals surface area (Å²) in [6, 6.07) is 0. The van der Waals surface area contributed by atoms with Crippen LogP contribution in [0.4, 0.5) is 0 Å². The van der Waals surface area contributed by atoms with Crippen molar-refractivity contribution in [3.63, 3.8) is 0 Å². The third kappa shape index (κ3) is 10.2. The van der Waals surface area contributed by atoms with Gasteiger partial charge in [-0.2, -0.15) is 0 Å². The molecule has 0 saturated heterocycles. The van der Waals surface area contributed by atoms with Gasteiger partial charge in [0.05, 0.1) is 0 Å². The van der Waals surface area contributed by atoms with E-state index >= 15 is 0 Å². The van der Waals surface area contributed by atoms with E-state index < -0.39 is 8.25 Å². The lowest BCUT2D eigenvalue weighted by atomic mass is 10.5. The Balaban J connectivity index is 3.45. The largest absolute Gasteiger partial charge is 0.804 e. The van der Waals surface area contributed by atoms with Crippen LogP contribution in [-0.4, -0.2) is 10.7 Å². The molecule has 0 aliphatic rings. The average Bonchev–Trinajstić information content (AvgIpc) is 2.19. The van der Waals surface area contributed by atoms with Crippen LogP contribution < -0.4 is 0 Å². The Bertz CT molecular complexity index is 187. The van der Waals surface area contributed by atoms with Gasteiger partial charge >= 0.3 is 8.25 Å². The van der Waals surface area contributed by atoms with Crippen molar-refractivity contribution < 1.29 is 13.6 Å². The molecule has 0 N–H and O–H groups in total. The maximum Gasteiger partial charge on any atom is 0.804 e. The van der Waals surface area contributed by atoms with Gasteiger partial charge in [-0.25, -0.2) is 9.05 Å². The van der Waals surface area contributed by atoms with Crippen molar-refractivity contribution >= 4 is 40.1 Å². The SMILES string of the molecule is O=[P+](O/C=C/CCBr)O/C=C/CCBr. The molecule has 0 atom stereocenters. The van der Waals surface area contributed by atoms with E-state index in [9.17, 15) is 4.57 Å². The van der Waals surface area contributed by atoms with Crippen LogP contribution in [0.3, 0.4) is 0 Å². The molecular formula is C8H12Br2O3P+. The highest BCUT2D eigenvalue weighted by molar-refractivity contribution is 9.09. The summed E-state index contributed by atoms with van der Waals surface area (Å²) in [5.41, 5.74) is 0. The van der Waals surface area contributed by atoms with Crippen LogP contribution in [0, 0.1) is 0 Å². The maximum absolute atomic E-state index is 10.9. The van der Waals surface area contributed by atoms with Crippen molar-refractivity contribution in [3.8, 4) is 0 Å². The Kier molecular flexibility index (Phi) is 11.3. The minimum Gasteiger partial charge on any atom is -0.231 e. The number of hydrogen-bond donors (Lipinski definition) is 0. The molecule has 0 aromatic heterocycles. The first-order valence-electron chi connectivity index (χ1n) is 4.04. The van der Waals surface area contributed by atoms with Crippen LogP contribution in [0.1, 0.15) is 12.8 Å². The zero-order valence-corrected chi connectivity index (χ0v) is 11.6. The van der Waals surface area contributed by atoms with Gasteiger partial charge in [-0.1, -0.05) is 31.9 Å². The van der Waals surface area contributed by atoms with Crippen LogP contribution in [-0.2, 0) is 13.6 Å². The van der Waals surface area contributed by atoms with E-state index in [0.717, 1.165) is 23.5 Å². The summed E-state index contributed by atoms with van der Waals surface area (Å²) in [7, 11) is -2.07. The predicted molar refractivity (Wildman–Crippen MR) is 64.9 cm³/mol. The van der Waals surface area contributed by atoms with E-state index in [2.05, 4.69) is 31.9 Å². The van der Waals surface area contributed by atoms with Crippen LogP contribution in [0.25, 0.3) is 0 Å². The average molecular weight is 347 g/mol. The normalized spacial score (nSPS) is 11.0. The first-order valence-corrected chi connectivity index (χ1v) is 7.38. The van der Waals surface area contributed by atoms with Crippen LogP contribution in [0.5, 0.6) is 0 Å². The predicted octanol–water partition coefficient (Wildman–Crippen LogP) is 4.27. The van der Waals surface area contributed by atoms with E-state index in [1.807, 2.05) is 0 Å². The van der Waals surface area contributed by atoms with E-state index in [-0.39, 0.29) is 0 Å². The van der Waals surface area contributed by atoms with Crippen LogP contribution >= 0.6 is 40.1 Å². The number of rotatable bonds is 8. The number of alkyl halides is 2. The van der Waals surface area contributed by atoms with Gasteiger partial charge in [-0.15, -0.1) is 0 Å². The summed E-state index contributed by atoms with van der Waals surface area (Å²) >= 11 is 6.50. The van der Waals surface area contributed by atoms with Gasteiger partial charge < -0.3 is 0 Å². The van der Waals surface area contributed by atoms with E-state index in [1.165, 1.54) is 12.5 Å². The molecule has 0 aromatic rings. The summed E-state index contributed by atoms with van der Waals surface area (Å²) in [6.07, 6.45) is 7.99. The Morgan fingerprint density at radius 3 is 1.79 bits per heavy atom. The molecule has 6 heteroatoms. The molecule has 0 heterocycles. The second-order valence-electron chi connectivity index (χ2n) is 2.13. The van der Waals surface area contributed by atoms with Crippen molar-refractivity contribution in [2.24, 2.45) is 0 Å². The summed E-state index contributed by atoms with van der Waals surface area (Å²) in [5, 5.41) is 1.71. The third-order valence-electron chi connectivity index (χ3n) is 1.04. The highest BCUT2D eigenvalue weighted by atomic mass is 79.9. The van der Waals surface area contributed by atoms with Crippen molar-refractivity contribution in [3.05, 3.63) is 24.7 Å². The fraction of sp³-hybridized carbons (Fsp3) is 0.500. The van der Waals surface area contributed by atoms with Crippen molar-refractivity contribution in [2.75, 3.05) is 10.7 Å². The second-order valence-corrected chi connectivity index (χ2v) is 4.59. The van der Waals surface area contributed by atoms with E-state index in [1.54, 1.807) is 12.2 Å². The lowest BCUT2D eigenvalue weighted by molar-refractivity contribution is 0.354. The Hall–Kier alpha value is 0.140. The Labute approximate surface area is 102 Å². The van der Waals surface area contributed by atoms with Gasteiger partial charge in [-0.3, -0.25) is 0 Å². The molecule has 14 heavy (non-hydrogen) atoms. The number of hydrogen-bond acceptors (Lipinski definition) is 3. The lowest BCUT2D eigenvalue weighted by Crippen LogP contribution is -1.72. The van der Waals surface area contributed by atoms with Gasteiger partial charge in [-0.05, 0) is 25.0 Å². The summed E-state index contributed by atoms with van der Waals surface area (Å²) in [5.74, 6) is 0. The molecule has 0 saturated carbocycles. The standard InChI is InChI=1S/C8H12Br2O3P/c9-5-1-3-7-12-14(11)13-8-4-2-6-10/h3-4,7-8H,1-2,5-6H2/q+1/b7-3+,8-4+. The van der Waals surface area contributed by atoms with Crippen molar-refractivity contribution in [1.29, 1.82) is 0 Å². The third-order valence-corrected chi connectivity index (χ3v) is 2.54. The highest BCUT2D eigenvalue weighted by Crippen LogP contribution is 2.24. The summed E-state index contributed by atoms with van der Waals surface area (Å²) in [6.45, 7) is 0. The van der Waals surface area contributed by atoms with Gasteiger partial charge in [0.15, 0.2) is 12.5 Å². The first kappa shape index (κ1) is 14.1. The number of allylic oxidation sites excluding steroid dienone is 2. The minimum atomic E-state index is -2.07. The first-order chi connectivity index (χ1) is 6.81. The molecule has 0 amide bonds. The van der Waals surface area contributed by atoms with Crippen LogP contribution in [0.15, 0.2) is 24.7 Å². The quantitative estimate of drug-likeness (QED) is 0.374. The van der Waals surface area contributed by atoms with Gasteiger partial charge in [0, 0.05) is 15.2 Å². The molecular weight excluding hydrogens is 335 g/mol. The van der Waals surface area contributed by atoms with Gasteiger partial charge in [0.25, 0.3) is 0 Å². The summed E-state index contributed by atoms with van der Waals surface area (Å²) < 4.78 is 20.4. The van der Waals surface area contributed by atoms with E-state index in [0.29, 0.717) is 0 Å². The molecule has 0 unspecified atom stereocenters. The fourth-order valence-electron chi connectivity index (χ4n) is 0.472. The molecule has 0 bridgehead atoms. The lowest BCUT2D eigenvalue weighted by Gasteiger charge is -1.82. The zero-order valence-electron chi connectivity index (χ0n) is 7.57. The Morgan fingerprint density at radius 2 is 1.43 bits per heavy atom.